The van der Waals surface area contributed by atoms with E-state index in [4.69, 9.17) is 11.6 Å². The van der Waals surface area contributed by atoms with Crippen LogP contribution in [-0.2, 0) is 11.2 Å². The maximum Gasteiger partial charge on any atom is 0.228 e. The van der Waals surface area contributed by atoms with Gasteiger partial charge in [-0.15, -0.1) is 0 Å². The summed E-state index contributed by atoms with van der Waals surface area (Å²) in [6.45, 7) is 1.89. The molecule has 0 aliphatic rings. The quantitative estimate of drug-likeness (QED) is 0.871. The van der Waals surface area contributed by atoms with E-state index in [1.165, 1.54) is 0 Å². The lowest BCUT2D eigenvalue weighted by Gasteiger charge is -2.09. The normalized spacial score (nSPS) is 10.3. The van der Waals surface area contributed by atoms with Crippen LogP contribution in [0, 0.1) is 6.92 Å². The number of halogens is 2. The first kappa shape index (κ1) is 14.1. The molecule has 4 heteroatoms. The zero-order chi connectivity index (χ0) is 13.8. The summed E-state index contributed by atoms with van der Waals surface area (Å²) in [5.74, 6) is -0.0523. The molecule has 2 rings (SSSR count). The van der Waals surface area contributed by atoms with E-state index in [2.05, 4.69) is 21.2 Å². The van der Waals surface area contributed by atoms with Crippen LogP contribution >= 0.6 is 27.5 Å². The molecule has 0 aliphatic carbocycles. The minimum atomic E-state index is -0.0523. The Morgan fingerprint density at radius 2 is 2.00 bits per heavy atom. The van der Waals surface area contributed by atoms with Crippen LogP contribution in [0.1, 0.15) is 11.1 Å². The summed E-state index contributed by atoms with van der Waals surface area (Å²) in [6.07, 6.45) is 0.339. The number of benzene rings is 2. The van der Waals surface area contributed by atoms with Crippen LogP contribution in [0.2, 0.25) is 5.02 Å². The molecule has 0 bridgehead atoms. The van der Waals surface area contributed by atoms with E-state index in [9.17, 15) is 4.79 Å². The van der Waals surface area contributed by atoms with E-state index in [0.29, 0.717) is 11.4 Å². The number of rotatable bonds is 3. The van der Waals surface area contributed by atoms with Gasteiger partial charge in [-0.1, -0.05) is 45.7 Å². The molecule has 2 nitrogen and oxygen atoms in total. The van der Waals surface area contributed by atoms with Gasteiger partial charge in [0.1, 0.15) is 0 Å². The van der Waals surface area contributed by atoms with Gasteiger partial charge in [0.25, 0.3) is 0 Å². The number of carbonyl (C=O) groups excluding carboxylic acids is 1. The summed E-state index contributed by atoms with van der Waals surface area (Å²) in [5.41, 5.74) is 2.60. The SMILES string of the molecule is Cc1c(Cl)cccc1NC(=O)Cc1cccc(Br)c1. The lowest BCUT2D eigenvalue weighted by molar-refractivity contribution is -0.115. The minimum Gasteiger partial charge on any atom is -0.326 e. The maximum absolute atomic E-state index is 12.0. The number of amides is 1. The fraction of sp³-hybridized carbons (Fsp3) is 0.133. The van der Waals surface area contributed by atoms with Gasteiger partial charge in [-0.2, -0.15) is 0 Å². The molecule has 2 aromatic rings. The Morgan fingerprint density at radius 3 is 2.74 bits per heavy atom. The number of hydrogen-bond donors (Lipinski definition) is 1. The zero-order valence-electron chi connectivity index (χ0n) is 10.4. The van der Waals surface area contributed by atoms with Crippen LogP contribution in [0.25, 0.3) is 0 Å². The Hall–Kier alpha value is -1.32. The molecule has 0 saturated carbocycles. The molecule has 98 valence electrons. The molecule has 19 heavy (non-hydrogen) atoms. The van der Waals surface area contributed by atoms with Crippen molar-refractivity contribution in [3.63, 3.8) is 0 Å². The van der Waals surface area contributed by atoms with Gasteiger partial charge >= 0.3 is 0 Å². The predicted molar refractivity (Wildman–Crippen MR) is 82.7 cm³/mol. The summed E-state index contributed by atoms with van der Waals surface area (Å²) in [7, 11) is 0. The van der Waals surface area contributed by atoms with E-state index < -0.39 is 0 Å². The first-order valence-electron chi connectivity index (χ1n) is 5.85. The Balaban J connectivity index is 2.08. The van der Waals surface area contributed by atoms with Crippen molar-refractivity contribution in [2.75, 3.05) is 5.32 Å². The summed E-state index contributed by atoms with van der Waals surface area (Å²) in [4.78, 5) is 12.0. The fourth-order valence-corrected chi connectivity index (χ4v) is 2.39. The van der Waals surface area contributed by atoms with Crippen LogP contribution in [0.4, 0.5) is 5.69 Å². The van der Waals surface area contributed by atoms with E-state index in [0.717, 1.165) is 21.3 Å². The number of anilines is 1. The van der Waals surface area contributed by atoms with Gasteiger partial charge in [-0.25, -0.2) is 0 Å². The molecule has 0 radical (unpaired) electrons. The molecule has 0 saturated heterocycles. The third-order valence-corrected chi connectivity index (χ3v) is 3.70. The highest BCUT2D eigenvalue weighted by atomic mass is 79.9. The molecule has 0 aliphatic heterocycles. The van der Waals surface area contributed by atoms with Crippen molar-refractivity contribution in [2.45, 2.75) is 13.3 Å². The second-order valence-electron chi connectivity index (χ2n) is 4.27. The smallest absolute Gasteiger partial charge is 0.228 e. The van der Waals surface area contributed by atoms with Crippen molar-refractivity contribution < 1.29 is 4.79 Å². The highest BCUT2D eigenvalue weighted by Crippen LogP contribution is 2.23. The van der Waals surface area contributed by atoms with Crippen molar-refractivity contribution in [1.82, 2.24) is 0 Å². The average molecular weight is 339 g/mol. The molecule has 1 N–H and O–H groups in total. The number of hydrogen-bond acceptors (Lipinski definition) is 1. The Kier molecular flexibility index (Phi) is 4.61. The van der Waals surface area contributed by atoms with Crippen molar-refractivity contribution in [3.05, 3.63) is 63.1 Å². The molecule has 0 atom stereocenters. The lowest BCUT2D eigenvalue weighted by Crippen LogP contribution is -2.15. The van der Waals surface area contributed by atoms with Gasteiger partial charge in [-0.05, 0) is 42.3 Å². The largest absolute Gasteiger partial charge is 0.326 e. The predicted octanol–water partition coefficient (Wildman–Crippen LogP) is 4.59. The Bertz CT molecular complexity index is 613. The molecule has 2 aromatic carbocycles. The zero-order valence-corrected chi connectivity index (χ0v) is 12.8. The van der Waals surface area contributed by atoms with Gasteiger partial charge < -0.3 is 5.32 Å². The molecule has 1 amide bonds. The van der Waals surface area contributed by atoms with E-state index in [-0.39, 0.29) is 5.91 Å². The van der Waals surface area contributed by atoms with Gasteiger partial charge in [0.05, 0.1) is 6.42 Å². The fourth-order valence-electron chi connectivity index (χ4n) is 1.77. The molecule has 0 spiro atoms. The Morgan fingerprint density at radius 1 is 1.26 bits per heavy atom. The average Bonchev–Trinajstić information content (AvgIpc) is 2.35. The van der Waals surface area contributed by atoms with Crippen molar-refractivity contribution in [1.29, 1.82) is 0 Å². The molecule has 0 heterocycles. The van der Waals surface area contributed by atoms with E-state index >= 15 is 0 Å². The number of carbonyl (C=O) groups is 1. The highest BCUT2D eigenvalue weighted by molar-refractivity contribution is 9.10. The van der Waals surface area contributed by atoms with E-state index in [1.54, 1.807) is 6.07 Å². The third kappa shape index (κ3) is 3.82. The second kappa shape index (κ2) is 6.22. The first-order valence-corrected chi connectivity index (χ1v) is 7.03. The first-order chi connectivity index (χ1) is 9.06. The van der Waals surface area contributed by atoms with Crippen LogP contribution in [0.15, 0.2) is 46.9 Å². The third-order valence-electron chi connectivity index (χ3n) is 2.80. The Labute approximate surface area is 125 Å². The molecule has 0 unspecified atom stereocenters. The van der Waals surface area contributed by atoms with Gasteiger partial charge in [-0.3, -0.25) is 4.79 Å². The van der Waals surface area contributed by atoms with Crippen LogP contribution in [0.5, 0.6) is 0 Å². The second-order valence-corrected chi connectivity index (χ2v) is 5.59. The van der Waals surface area contributed by atoms with Gasteiger partial charge in [0.15, 0.2) is 0 Å². The topological polar surface area (TPSA) is 29.1 Å². The summed E-state index contributed by atoms with van der Waals surface area (Å²) >= 11 is 9.41. The summed E-state index contributed by atoms with van der Waals surface area (Å²) in [6, 6.07) is 13.2. The molecular weight excluding hydrogens is 326 g/mol. The summed E-state index contributed by atoms with van der Waals surface area (Å²) in [5, 5.41) is 3.53. The van der Waals surface area contributed by atoms with E-state index in [1.807, 2.05) is 43.3 Å². The minimum absolute atomic E-state index is 0.0523. The van der Waals surface area contributed by atoms with Crippen molar-refractivity contribution >= 4 is 39.1 Å². The molecule has 0 aromatic heterocycles. The maximum atomic E-state index is 12.0. The summed E-state index contributed by atoms with van der Waals surface area (Å²) < 4.78 is 0.969. The van der Waals surface area contributed by atoms with Gasteiger partial charge in [0, 0.05) is 15.2 Å². The lowest BCUT2D eigenvalue weighted by atomic mass is 10.1. The molecular formula is C15H13BrClNO. The van der Waals surface area contributed by atoms with Crippen LogP contribution in [0.3, 0.4) is 0 Å². The van der Waals surface area contributed by atoms with Crippen LogP contribution < -0.4 is 5.32 Å². The van der Waals surface area contributed by atoms with Gasteiger partial charge in [0.2, 0.25) is 5.91 Å². The standard InChI is InChI=1S/C15H13BrClNO/c1-10-13(17)6-3-7-14(10)18-15(19)9-11-4-2-5-12(16)8-11/h2-8H,9H2,1H3,(H,18,19). The van der Waals surface area contributed by atoms with Crippen molar-refractivity contribution in [3.8, 4) is 0 Å². The van der Waals surface area contributed by atoms with Crippen LogP contribution in [-0.4, -0.2) is 5.91 Å². The number of nitrogens with one attached hydrogen (secondary N) is 1. The monoisotopic (exact) mass is 337 g/mol. The molecule has 0 fully saturated rings. The highest BCUT2D eigenvalue weighted by Gasteiger charge is 2.07. The van der Waals surface area contributed by atoms with Crippen molar-refractivity contribution in [2.24, 2.45) is 0 Å².